The van der Waals surface area contributed by atoms with Crippen LogP contribution in [0.15, 0.2) is 28.9 Å². The first kappa shape index (κ1) is 18.2. The highest BCUT2D eigenvalue weighted by molar-refractivity contribution is 9.10. The lowest BCUT2D eigenvalue weighted by Gasteiger charge is -2.19. The standard InChI is InChI=1S/C16H16BrN3.CH4O3S/c1-3-19-14-5-4-11(17)8-13(14)12-6-7-20-10(2)18-9-15(20)16(12)19;1-5(2,3)4/h4-5,8-9H,3,6-7H2,1-2H3;1H3,(H,2,3,4). The lowest BCUT2D eigenvalue weighted by atomic mass is 10.0. The molecule has 1 N–H and O–H groups in total. The molecule has 0 radical (unpaired) electrons. The van der Waals surface area contributed by atoms with E-state index in [9.17, 15) is 8.42 Å². The molecule has 4 rings (SSSR count). The van der Waals surface area contributed by atoms with Gasteiger partial charge >= 0.3 is 0 Å². The van der Waals surface area contributed by atoms with Gasteiger partial charge in [0.05, 0.1) is 23.8 Å². The van der Waals surface area contributed by atoms with E-state index in [1.165, 1.54) is 27.9 Å². The molecule has 8 heteroatoms. The van der Waals surface area contributed by atoms with Gasteiger partial charge in [-0.1, -0.05) is 15.9 Å². The van der Waals surface area contributed by atoms with Gasteiger partial charge in [0, 0.05) is 28.5 Å². The first-order valence-electron chi connectivity index (χ1n) is 7.96. The summed E-state index contributed by atoms with van der Waals surface area (Å²) >= 11 is 3.60. The molecule has 1 aliphatic heterocycles. The molecule has 0 saturated carbocycles. The van der Waals surface area contributed by atoms with Crippen LogP contribution in [0, 0.1) is 6.92 Å². The smallest absolute Gasteiger partial charge is 0.261 e. The summed E-state index contributed by atoms with van der Waals surface area (Å²) in [7, 11) is -3.67. The second-order valence-corrected chi connectivity index (χ2v) is 8.44. The minimum Gasteiger partial charge on any atom is -0.339 e. The number of rotatable bonds is 1. The van der Waals surface area contributed by atoms with E-state index in [1.807, 2.05) is 6.20 Å². The normalized spacial score (nSPS) is 13.2. The van der Waals surface area contributed by atoms with Crippen LogP contribution in [0.25, 0.3) is 22.3 Å². The molecule has 6 nitrogen and oxygen atoms in total. The summed E-state index contributed by atoms with van der Waals surface area (Å²) in [5.74, 6) is 1.11. The van der Waals surface area contributed by atoms with Gasteiger partial charge in [0.15, 0.2) is 0 Å². The number of fused-ring (bicyclic) bond motifs is 5. The third-order valence-corrected chi connectivity index (χ3v) is 4.82. The number of nitrogens with zero attached hydrogens (tertiary/aromatic N) is 3. The topological polar surface area (TPSA) is 77.1 Å². The highest BCUT2D eigenvalue weighted by atomic mass is 79.9. The lowest BCUT2D eigenvalue weighted by Crippen LogP contribution is -2.13. The van der Waals surface area contributed by atoms with E-state index >= 15 is 0 Å². The predicted octanol–water partition coefficient (Wildman–Crippen LogP) is 3.66. The molecule has 3 heterocycles. The molecular weight excluding hydrogens is 406 g/mol. The van der Waals surface area contributed by atoms with Crippen LogP contribution in [0.5, 0.6) is 0 Å². The highest BCUT2D eigenvalue weighted by Gasteiger charge is 2.25. The Kier molecular flexibility index (Phi) is 4.78. The van der Waals surface area contributed by atoms with Crippen molar-refractivity contribution in [2.45, 2.75) is 33.4 Å². The van der Waals surface area contributed by atoms with Crippen molar-refractivity contribution in [3.05, 3.63) is 40.3 Å². The number of benzene rings is 1. The van der Waals surface area contributed by atoms with Gasteiger partial charge in [0.25, 0.3) is 10.1 Å². The molecule has 25 heavy (non-hydrogen) atoms. The monoisotopic (exact) mass is 425 g/mol. The fraction of sp³-hybridized carbons (Fsp3) is 0.353. The van der Waals surface area contributed by atoms with Gasteiger partial charge in [-0.3, -0.25) is 4.55 Å². The third kappa shape index (κ3) is 3.51. The van der Waals surface area contributed by atoms with Crippen molar-refractivity contribution in [2.75, 3.05) is 6.26 Å². The van der Waals surface area contributed by atoms with Crippen LogP contribution in [-0.4, -0.2) is 33.3 Å². The van der Waals surface area contributed by atoms with Gasteiger partial charge < -0.3 is 9.13 Å². The van der Waals surface area contributed by atoms with E-state index in [1.54, 1.807) is 0 Å². The summed E-state index contributed by atoms with van der Waals surface area (Å²) in [6.07, 6.45) is 3.82. The number of hydrogen-bond donors (Lipinski definition) is 1. The molecule has 0 saturated heterocycles. The first-order chi connectivity index (χ1) is 11.7. The molecule has 0 bridgehead atoms. The Labute approximate surface area is 155 Å². The molecule has 0 aliphatic carbocycles. The number of hydrogen-bond acceptors (Lipinski definition) is 3. The van der Waals surface area contributed by atoms with Crippen LogP contribution >= 0.6 is 15.9 Å². The summed E-state index contributed by atoms with van der Waals surface area (Å²) in [5.41, 5.74) is 5.41. The lowest BCUT2D eigenvalue weighted by molar-refractivity contribution is 0.490. The fourth-order valence-electron chi connectivity index (χ4n) is 3.43. The molecule has 0 fully saturated rings. The van der Waals surface area contributed by atoms with Crippen molar-refractivity contribution >= 4 is 37.0 Å². The van der Waals surface area contributed by atoms with E-state index in [-0.39, 0.29) is 0 Å². The minimum absolute atomic E-state index is 0.715. The van der Waals surface area contributed by atoms with Crippen LogP contribution in [-0.2, 0) is 29.6 Å². The van der Waals surface area contributed by atoms with E-state index in [4.69, 9.17) is 4.55 Å². The van der Waals surface area contributed by atoms with Gasteiger partial charge in [-0.25, -0.2) is 4.98 Å². The van der Waals surface area contributed by atoms with E-state index in [0.717, 1.165) is 29.8 Å². The average molecular weight is 426 g/mol. The maximum Gasteiger partial charge on any atom is 0.261 e. The molecule has 0 unspecified atom stereocenters. The average Bonchev–Trinajstić information content (AvgIpc) is 3.03. The van der Waals surface area contributed by atoms with Crippen LogP contribution in [0.1, 0.15) is 18.3 Å². The Morgan fingerprint density at radius 3 is 2.68 bits per heavy atom. The maximum atomic E-state index is 9.19. The van der Waals surface area contributed by atoms with E-state index < -0.39 is 10.1 Å². The summed E-state index contributed by atoms with van der Waals surface area (Å²) < 4.78 is 31.8. The molecule has 1 aromatic carbocycles. The highest BCUT2D eigenvalue weighted by Crippen LogP contribution is 2.38. The SMILES string of the molecule is CCn1c2c(c3cc(Br)ccc31)CCn1c-2cnc1C.CS(=O)(=O)O. The van der Waals surface area contributed by atoms with Crippen LogP contribution in [0.3, 0.4) is 0 Å². The largest absolute Gasteiger partial charge is 0.339 e. The van der Waals surface area contributed by atoms with Crippen molar-refractivity contribution in [2.24, 2.45) is 0 Å². The Bertz CT molecular complexity index is 1040. The van der Waals surface area contributed by atoms with E-state index in [2.05, 4.69) is 62.1 Å². The molecule has 2 aromatic heterocycles. The Morgan fingerprint density at radius 2 is 2.04 bits per heavy atom. The van der Waals surface area contributed by atoms with Gasteiger partial charge in [-0.2, -0.15) is 8.42 Å². The molecule has 0 atom stereocenters. The van der Waals surface area contributed by atoms with Crippen LogP contribution in [0.4, 0.5) is 0 Å². The third-order valence-electron chi connectivity index (χ3n) is 4.33. The first-order valence-corrected chi connectivity index (χ1v) is 10.6. The van der Waals surface area contributed by atoms with Gasteiger partial charge in [0.1, 0.15) is 5.82 Å². The van der Waals surface area contributed by atoms with Gasteiger partial charge in [0.2, 0.25) is 0 Å². The molecule has 1 aliphatic rings. The molecule has 3 aromatic rings. The minimum atomic E-state index is -3.67. The van der Waals surface area contributed by atoms with Gasteiger partial charge in [-0.05, 0) is 44.0 Å². The van der Waals surface area contributed by atoms with Crippen LogP contribution in [0.2, 0.25) is 0 Å². The molecule has 0 spiro atoms. The number of halogens is 1. The zero-order valence-electron chi connectivity index (χ0n) is 14.3. The van der Waals surface area contributed by atoms with Crippen molar-refractivity contribution < 1.29 is 13.0 Å². The second-order valence-electron chi connectivity index (χ2n) is 6.06. The Hall–Kier alpha value is -1.64. The number of aryl methyl sites for hydroxylation is 3. The van der Waals surface area contributed by atoms with Crippen molar-refractivity contribution in [3.8, 4) is 11.4 Å². The fourth-order valence-corrected chi connectivity index (χ4v) is 3.79. The second kappa shape index (κ2) is 6.59. The van der Waals surface area contributed by atoms with Crippen molar-refractivity contribution in [1.29, 1.82) is 0 Å². The quantitative estimate of drug-likeness (QED) is 0.603. The predicted molar refractivity (Wildman–Crippen MR) is 102 cm³/mol. The molecule has 134 valence electrons. The molecule has 0 amide bonds. The summed E-state index contributed by atoms with van der Waals surface area (Å²) in [6.45, 7) is 6.31. The zero-order valence-corrected chi connectivity index (χ0v) is 16.7. The summed E-state index contributed by atoms with van der Waals surface area (Å²) in [4.78, 5) is 4.50. The maximum absolute atomic E-state index is 9.19. The summed E-state index contributed by atoms with van der Waals surface area (Å²) in [5, 5.41) is 1.38. The Balaban J connectivity index is 0.000000324. The summed E-state index contributed by atoms with van der Waals surface area (Å²) in [6, 6.07) is 6.59. The number of imidazole rings is 1. The van der Waals surface area contributed by atoms with Crippen molar-refractivity contribution in [1.82, 2.24) is 14.1 Å². The van der Waals surface area contributed by atoms with Gasteiger partial charge in [-0.15, -0.1) is 0 Å². The zero-order chi connectivity index (χ0) is 18.4. The van der Waals surface area contributed by atoms with Crippen LogP contribution < -0.4 is 0 Å². The Morgan fingerprint density at radius 1 is 1.36 bits per heavy atom. The number of aromatic nitrogens is 3. The van der Waals surface area contributed by atoms with E-state index in [0.29, 0.717) is 6.26 Å². The van der Waals surface area contributed by atoms with Crippen molar-refractivity contribution in [3.63, 3.8) is 0 Å². The molecular formula is C17H20BrN3O3S.